The van der Waals surface area contributed by atoms with Crippen molar-refractivity contribution < 1.29 is 9.53 Å². The molecule has 0 atom stereocenters. The van der Waals surface area contributed by atoms with Gasteiger partial charge >= 0.3 is 0 Å². The second-order valence-corrected chi connectivity index (χ2v) is 5.37. The van der Waals surface area contributed by atoms with Crippen LogP contribution in [-0.4, -0.2) is 21.4 Å². The molecule has 0 amide bonds. The maximum absolute atomic E-state index is 12.2. The van der Waals surface area contributed by atoms with Crippen molar-refractivity contribution in [3.63, 3.8) is 0 Å². The lowest BCUT2D eigenvalue weighted by Crippen LogP contribution is -2.35. The third kappa shape index (κ3) is 2.47. The minimum Gasteiger partial charge on any atom is -0.487 e. The highest BCUT2D eigenvalue weighted by Crippen LogP contribution is 2.34. The van der Waals surface area contributed by atoms with E-state index < -0.39 is 5.60 Å². The summed E-state index contributed by atoms with van der Waals surface area (Å²) in [6.45, 7) is 3.83. The van der Waals surface area contributed by atoms with Gasteiger partial charge in [-0.2, -0.15) is 0 Å². The molecule has 20 heavy (non-hydrogen) atoms. The molecule has 5 heteroatoms. The zero-order valence-corrected chi connectivity index (χ0v) is 11.4. The van der Waals surface area contributed by atoms with Gasteiger partial charge in [-0.15, -0.1) is 0 Å². The Kier molecular flexibility index (Phi) is 2.89. The van der Waals surface area contributed by atoms with Gasteiger partial charge in [-0.3, -0.25) is 4.79 Å². The molecule has 1 N–H and O–H groups in total. The summed E-state index contributed by atoms with van der Waals surface area (Å²) in [6, 6.07) is 7.18. The number of aromatic nitrogens is 2. The second kappa shape index (κ2) is 4.59. The molecule has 1 aromatic carbocycles. The van der Waals surface area contributed by atoms with E-state index in [0.29, 0.717) is 23.7 Å². The number of fused-ring (bicyclic) bond motifs is 1. The normalized spacial score (nSPS) is 16.2. The van der Waals surface area contributed by atoms with E-state index in [9.17, 15) is 4.79 Å². The topological polar surface area (TPSA) is 64.1 Å². The highest BCUT2D eigenvalue weighted by atomic mass is 16.5. The van der Waals surface area contributed by atoms with Crippen molar-refractivity contribution in [2.75, 3.05) is 5.32 Å². The largest absolute Gasteiger partial charge is 0.487 e. The van der Waals surface area contributed by atoms with Crippen molar-refractivity contribution in [2.24, 2.45) is 0 Å². The number of nitrogens with one attached hydrogen (secondary N) is 1. The van der Waals surface area contributed by atoms with Crippen molar-refractivity contribution in [1.29, 1.82) is 0 Å². The van der Waals surface area contributed by atoms with Crippen LogP contribution in [0.5, 0.6) is 5.75 Å². The van der Waals surface area contributed by atoms with Gasteiger partial charge in [-0.05, 0) is 38.1 Å². The SMILES string of the molecule is CC1(C)CC(=O)c2cc(Nc3ncccn3)ccc2O1. The molecule has 0 bridgehead atoms. The van der Waals surface area contributed by atoms with Crippen LogP contribution < -0.4 is 10.1 Å². The number of rotatable bonds is 2. The molecule has 0 saturated heterocycles. The van der Waals surface area contributed by atoms with Gasteiger partial charge in [-0.1, -0.05) is 0 Å². The Morgan fingerprint density at radius 1 is 1.25 bits per heavy atom. The Morgan fingerprint density at radius 2 is 2.00 bits per heavy atom. The van der Waals surface area contributed by atoms with Crippen LogP contribution in [-0.2, 0) is 0 Å². The fourth-order valence-corrected chi connectivity index (χ4v) is 2.22. The van der Waals surface area contributed by atoms with E-state index in [1.807, 2.05) is 19.9 Å². The lowest BCUT2D eigenvalue weighted by atomic mass is 9.93. The fraction of sp³-hybridized carbons (Fsp3) is 0.267. The zero-order chi connectivity index (χ0) is 14.2. The lowest BCUT2D eigenvalue weighted by molar-refractivity contribution is 0.0620. The predicted molar refractivity (Wildman–Crippen MR) is 75.4 cm³/mol. The van der Waals surface area contributed by atoms with E-state index in [4.69, 9.17) is 4.74 Å². The van der Waals surface area contributed by atoms with E-state index in [0.717, 1.165) is 5.69 Å². The van der Waals surface area contributed by atoms with E-state index in [-0.39, 0.29) is 5.78 Å². The number of ether oxygens (including phenoxy) is 1. The van der Waals surface area contributed by atoms with Crippen molar-refractivity contribution in [1.82, 2.24) is 9.97 Å². The third-order valence-corrected chi connectivity index (χ3v) is 3.07. The van der Waals surface area contributed by atoms with Crippen LogP contribution in [0.4, 0.5) is 11.6 Å². The molecule has 0 aliphatic carbocycles. The predicted octanol–water partition coefficient (Wildman–Crippen LogP) is 2.96. The number of anilines is 2. The first-order valence-corrected chi connectivity index (χ1v) is 6.44. The quantitative estimate of drug-likeness (QED) is 0.908. The van der Waals surface area contributed by atoms with Crippen molar-refractivity contribution in [2.45, 2.75) is 25.9 Å². The Morgan fingerprint density at radius 3 is 2.75 bits per heavy atom. The van der Waals surface area contributed by atoms with Crippen LogP contribution in [0.1, 0.15) is 30.6 Å². The first-order chi connectivity index (χ1) is 9.53. The van der Waals surface area contributed by atoms with Gasteiger partial charge in [0.15, 0.2) is 5.78 Å². The summed E-state index contributed by atoms with van der Waals surface area (Å²) in [5, 5.41) is 3.07. The standard InChI is InChI=1S/C15H15N3O2/c1-15(2)9-12(19)11-8-10(4-5-13(11)20-15)18-14-16-6-3-7-17-14/h3-8H,9H2,1-2H3,(H,16,17,18). The monoisotopic (exact) mass is 269 g/mol. The number of ketones is 1. The maximum Gasteiger partial charge on any atom is 0.227 e. The third-order valence-electron chi connectivity index (χ3n) is 3.07. The number of hydrogen-bond donors (Lipinski definition) is 1. The Hall–Kier alpha value is -2.43. The summed E-state index contributed by atoms with van der Waals surface area (Å²) < 4.78 is 5.82. The number of hydrogen-bond acceptors (Lipinski definition) is 5. The van der Waals surface area contributed by atoms with Crippen LogP contribution in [0.15, 0.2) is 36.7 Å². The maximum atomic E-state index is 12.2. The number of benzene rings is 1. The van der Waals surface area contributed by atoms with Crippen LogP contribution in [0.25, 0.3) is 0 Å². The zero-order valence-electron chi connectivity index (χ0n) is 11.4. The minimum atomic E-state index is -0.443. The van der Waals surface area contributed by atoms with Gasteiger partial charge in [0.25, 0.3) is 0 Å². The molecule has 0 radical (unpaired) electrons. The van der Waals surface area contributed by atoms with Gasteiger partial charge in [0.1, 0.15) is 11.4 Å². The molecule has 102 valence electrons. The molecule has 0 spiro atoms. The van der Waals surface area contributed by atoms with E-state index in [2.05, 4.69) is 15.3 Å². The van der Waals surface area contributed by atoms with Crippen LogP contribution in [0.3, 0.4) is 0 Å². The lowest BCUT2D eigenvalue weighted by Gasteiger charge is -2.31. The van der Waals surface area contributed by atoms with Gasteiger partial charge in [0, 0.05) is 18.1 Å². The molecule has 2 aromatic rings. The fourth-order valence-electron chi connectivity index (χ4n) is 2.22. The Bertz CT molecular complexity index is 653. The van der Waals surface area contributed by atoms with E-state index >= 15 is 0 Å². The van der Waals surface area contributed by atoms with Gasteiger partial charge in [-0.25, -0.2) is 9.97 Å². The highest BCUT2D eigenvalue weighted by molar-refractivity contribution is 6.01. The van der Waals surface area contributed by atoms with Crippen LogP contribution in [0.2, 0.25) is 0 Å². The minimum absolute atomic E-state index is 0.0916. The van der Waals surface area contributed by atoms with Gasteiger partial charge in [0.2, 0.25) is 5.95 Å². The summed E-state index contributed by atoms with van der Waals surface area (Å²) in [5.41, 5.74) is 0.929. The summed E-state index contributed by atoms with van der Waals surface area (Å²) in [6.07, 6.45) is 3.69. The molecule has 0 unspecified atom stereocenters. The molecule has 2 heterocycles. The molecule has 1 aliphatic heterocycles. The van der Waals surface area contributed by atoms with E-state index in [1.165, 1.54) is 0 Å². The Labute approximate surface area is 117 Å². The summed E-state index contributed by atoms with van der Waals surface area (Å²) in [4.78, 5) is 20.3. The molecular weight excluding hydrogens is 254 g/mol. The van der Waals surface area contributed by atoms with Crippen molar-refractivity contribution >= 4 is 17.4 Å². The van der Waals surface area contributed by atoms with Gasteiger partial charge in [0.05, 0.1) is 12.0 Å². The van der Waals surface area contributed by atoms with Crippen molar-refractivity contribution in [3.05, 3.63) is 42.2 Å². The number of nitrogens with zero attached hydrogens (tertiary/aromatic N) is 2. The van der Waals surface area contributed by atoms with Crippen molar-refractivity contribution in [3.8, 4) is 5.75 Å². The number of Topliss-reactive ketones (excluding diaryl/α,β-unsaturated/α-hetero) is 1. The molecular formula is C15H15N3O2. The number of carbonyl (C=O) groups excluding carboxylic acids is 1. The second-order valence-electron chi connectivity index (χ2n) is 5.37. The molecule has 1 aromatic heterocycles. The first kappa shape index (κ1) is 12.6. The van der Waals surface area contributed by atoms with Gasteiger partial charge < -0.3 is 10.1 Å². The summed E-state index contributed by atoms with van der Waals surface area (Å²) >= 11 is 0. The summed E-state index contributed by atoms with van der Waals surface area (Å²) in [5.74, 6) is 1.22. The molecule has 3 rings (SSSR count). The number of carbonyl (C=O) groups is 1. The molecule has 1 aliphatic rings. The Balaban J connectivity index is 1.90. The molecule has 0 saturated carbocycles. The molecule has 0 fully saturated rings. The van der Waals surface area contributed by atoms with Crippen LogP contribution >= 0.6 is 0 Å². The first-order valence-electron chi connectivity index (χ1n) is 6.44. The van der Waals surface area contributed by atoms with E-state index in [1.54, 1.807) is 30.6 Å². The molecule has 5 nitrogen and oxygen atoms in total. The highest BCUT2D eigenvalue weighted by Gasteiger charge is 2.32. The summed E-state index contributed by atoms with van der Waals surface area (Å²) in [7, 11) is 0. The average molecular weight is 269 g/mol. The average Bonchev–Trinajstić information content (AvgIpc) is 2.40. The smallest absolute Gasteiger partial charge is 0.227 e. The van der Waals surface area contributed by atoms with Crippen LogP contribution in [0, 0.1) is 0 Å².